The zero-order valence-electron chi connectivity index (χ0n) is 8.43. The van der Waals surface area contributed by atoms with Gasteiger partial charge in [-0.3, -0.25) is 0 Å². The zero-order chi connectivity index (χ0) is 10.0. The molecule has 2 heteroatoms. The molecule has 13 heavy (non-hydrogen) atoms. The minimum atomic E-state index is 0.762. The third-order valence-electron chi connectivity index (χ3n) is 2.47. The summed E-state index contributed by atoms with van der Waals surface area (Å²) < 4.78 is 0. The summed E-state index contributed by atoms with van der Waals surface area (Å²) in [6.45, 7) is 8.03. The molecular formula is C11H13NO. The van der Waals surface area contributed by atoms with Crippen LogP contribution in [0.2, 0.25) is 0 Å². The minimum absolute atomic E-state index is 0.762. The first-order valence-electron chi connectivity index (χ1n) is 4.23. The van der Waals surface area contributed by atoms with Crippen LogP contribution in [0.4, 0.5) is 5.69 Å². The van der Waals surface area contributed by atoms with Crippen molar-refractivity contribution in [3.05, 3.63) is 28.3 Å². The van der Waals surface area contributed by atoms with Gasteiger partial charge in [-0.25, -0.2) is 4.79 Å². The number of rotatable bonds is 1. The van der Waals surface area contributed by atoms with Crippen LogP contribution in [0.1, 0.15) is 22.3 Å². The Morgan fingerprint density at radius 3 is 2.23 bits per heavy atom. The highest BCUT2D eigenvalue weighted by Gasteiger charge is 2.06. The van der Waals surface area contributed by atoms with E-state index in [2.05, 4.69) is 11.9 Å². The summed E-state index contributed by atoms with van der Waals surface area (Å²) in [5, 5.41) is 0. The second kappa shape index (κ2) is 3.55. The molecule has 0 saturated carbocycles. The molecule has 0 aliphatic carbocycles. The lowest BCUT2D eigenvalue weighted by Gasteiger charge is -2.09. The van der Waals surface area contributed by atoms with Crippen LogP contribution < -0.4 is 0 Å². The predicted molar refractivity (Wildman–Crippen MR) is 53.2 cm³/mol. The van der Waals surface area contributed by atoms with Gasteiger partial charge >= 0.3 is 0 Å². The number of nitrogens with zero attached hydrogens (tertiary/aromatic N) is 1. The van der Waals surface area contributed by atoms with E-state index in [0.717, 1.165) is 16.8 Å². The fourth-order valence-corrected chi connectivity index (χ4v) is 1.49. The number of isocyanates is 1. The molecule has 0 N–H and O–H groups in total. The maximum absolute atomic E-state index is 10.2. The first-order chi connectivity index (χ1) is 6.07. The lowest BCUT2D eigenvalue weighted by Crippen LogP contribution is -1.89. The third kappa shape index (κ3) is 1.68. The van der Waals surface area contributed by atoms with Crippen LogP contribution in [0.3, 0.4) is 0 Å². The van der Waals surface area contributed by atoms with E-state index >= 15 is 0 Å². The van der Waals surface area contributed by atoms with E-state index in [1.807, 2.05) is 26.8 Å². The molecule has 1 rings (SSSR count). The number of hydrogen-bond donors (Lipinski definition) is 0. The van der Waals surface area contributed by atoms with Crippen LogP contribution in [0.5, 0.6) is 0 Å². The predicted octanol–water partition coefficient (Wildman–Crippen LogP) is 2.89. The van der Waals surface area contributed by atoms with Crippen LogP contribution in [0, 0.1) is 27.7 Å². The highest BCUT2D eigenvalue weighted by Crippen LogP contribution is 2.28. The second-order valence-corrected chi connectivity index (χ2v) is 3.31. The van der Waals surface area contributed by atoms with Gasteiger partial charge in [0.1, 0.15) is 0 Å². The fourth-order valence-electron chi connectivity index (χ4n) is 1.49. The lowest BCUT2D eigenvalue weighted by molar-refractivity contribution is 0.565. The van der Waals surface area contributed by atoms with Crippen molar-refractivity contribution in [3.8, 4) is 0 Å². The van der Waals surface area contributed by atoms with E-state index in [4.69, 9.17) is 0 Å². The van der Waals surface area contributed by atoms with Crippen LogP contribution in [0.25, 0.3) is 0 Å². The number of carbonyl (C=O) groups excluding carboxylic acids is 1. The molecule has 0 amide bonds. The molecular weight excluding hydrogens is 162 g/mol. The van der Waals surface area contributed by atoms with Crippen LogP contribution in [-0.4, -0.2) is 6.08 Å². The summed E-state index contributed by atoms with van der Waals surface area (Å²) in [5.74, 6) is 0. The van der Waals surface area contributed by atoms with Crippen molar-refractivity contribution < 1.29 is 4.79 Å². The summed E-state index contributed by atoms with van der Waals surface area (Å²) in [5.41, 5.74) is 5.29. The minimum Gasteiger partial charge on any atom is -0.211 e. The number of aliphatic imine (C=N–C) groups is 1. The molecule has 0 aliphatic heterocycles. The van der Waals surface area contributed by atoms with Crippen molar-refractivity contribution in [2.75, 3.05) is 0 Å². The normalized spacial score (nSPS) is 9.54. The molecule has 0 radical (unpaired) electrons. The molecule has 1 aromatic carbocycles. The Hall–Kier alpha value is -1.40. The Kier molecular flexibility index (Phi) is 2.64. The van der Waals surface area contributed by atoms with Crippen LogP contribution in [0.15, 0.2) is 11.1 Å². The van der Waals surface area contributed by atoms with Gasteiger partial charge in [0.2, 0.25) is 6.08 Å². The van der Waals surface area contributed by atoms with Gasteiger partial charge in [0, 0.05) is 0 Å². The first-order valence-corrected chi connectivity index (χ1v) is 4.23. The van der Waals surface area contributed by atoms with Crippen molar-refractivity contribution >= 4 is 11.8 Å². The smallest absolute Gasteiger partial charge is 0.211 e. The molecule has 2 nitrogen and oxygen atoms in total. The van der Waals surface area contributed by atoms with Crippen molar-refractivity contribution in [1.29, 1.82) is 0 Å². The van der Waals surface area contributed by atoms with Gasteiger partial charge in [0.15, 0.2) is 0 Å². The largest absolute Gasteiger partial charge is 0.240 e. The van der Waals surface area contributed by atoms with Crippen molar-refractivity contribution in [1.82, 2.24) is 0 Å². The van der Waals surface area contributed by atoms with E-state index < -0.39 is 0 Å². The van der Waals surface area contributed by atoms with Gasteiger partial charge < -0.3 is 0 Å². The molecule has 68 valence electrons. The Morgan fingerprint density at radius 2 is 1.69 bits per heavy atom. The fraction of sp³-hybridized carbons (Fsp3) is 0.364. The maximum atomic E-state index is 10.2. The van der Waals surface area contributed by atoms with E-state index in [-0.39, 0.29) is 0 Å². The molecule has 0 unspecified atom stereocenters. The standard InChI is InChI=1S/C11H13NO/c1-7-5-8(2)11(12-6-13)10(4)9(7)3/h5H,1-4H3. The maximum Gasteiger partial charge on any atom is 0.240 e. The topological polar surface area (TPSA) is 29.4 Å². The molecule has 0 spiro atoms. The summed E-state index contributed by atoms with van der Waals surface area (Å²) in [4.78, 5) is 13.9. The monoisotopic (exact) mass is 175 g/mol. The quantitative estimate of drug-likeness (QED) is 0.476. The Bertz CT molecular complexity index is 388. The highest BCUT2D eigenvalue weighted by atomic mass is 16.1. The second-order valence-electron chi connectivity index (χ2n) is 3.31. The van der Waals surface area contributed by atoms with Crippen LogP contribution in [-0.2, 0) is 4.79 Å². The number of hydrogen-bond acceptors (Lipinski definition) is 2. The Balaban J connectivity index is 3.52. The van der Waals surface area contributed by atoms with Gasteiger partial charge in [0.25, 0.3) is 0 Å². The zero-order valence-corrected chi connectivity index (χ0v) is 8.43. The summed E-state index contributed by atoms with van der Waals surface area (Å²) in [6, 6.07) is 2.04. The molecule has 1 aromatic rings. The summed E-state index contributed by atoms with van der Waals surface area (Å²) >= 11 is 0. The van der Waals surface area contributed by atoms with Gasteiger partial charge in [-0.2, -0.15) is 4.99 Å². The first kappa shape index (κ1) is 9.69. The highest BCUT2D eigenvalue weighted by molar-refractivity contribution is 5.61. The molecule has 0 atom stereocenters. The van der Waals surface area contributed by atoms with Gasteiger partial charge in [-0.05, 0) is 49.9 Å². The summed E-state index contributed by atoms with van der Waals surface area (Å²) in [7, 11) is 0. The van der Waals surface area contributed by atoms with Crippen molar-refractivity contribution in [2.24, 2.45) is 4.99 Å². The summed E-state index contributed by atoms with van der Waals surface area (Å²) in [6.07, 6.45) is 1.59. The van der Waals surface area contributed by atoms with Crippen molar-refractivity contribution in [2.45, 2.75) is 27.7 Å². The van der Waals surface area contributed by atoms with Gasteiger partial charge in [-0.15, -0.1) is 0 Å². The Morgan fingerprint density at radius 1 is 1.08 bits per heavy atom. The Labute approximate surface area is 78.3 Å². The molecule has 0 saturated heterocycles. The molecule has 0 fully saturated rings. The average molecular weight is 175 g/mol. The molecule has 0 aliphatic rings. The van der Waals surface area contributed by atoms with E-state index in [9.17, 15) is 4.79 Å². The SMILES string of the molecule is Cc1cc(C)c(N=C=O)c(C)c1C. The van der Waals surface area contributed by atoms with E-state index in [1.54, 1.807) is 6.08 Å². The number of aryl methyl sites for hydroxylation is 2. The number of benzene rings is 1. The average Bonchev–Trinajstić information content (AvgIpc) is 2.09. The van der Waals surface area contributed by atoms with Crippen molar-refractivity contribution in [3.63, 3.8) is 0 Å². The third-order valence-corrected chi connectivity index (χ3v) is 2.47. The van der Waals surface area contributed by atoms with E-state index in [0.29, 0.717) is 0 Å². The van der Waals surface area contributed by atoms with Crippen LogP contribution >= 0.6 is 0 Å². The molecule has 0 heterocycles. The molecule has 0 aromatic heterocycles. The van der Waals surface area contributed by atoms with Gasteiger partial charge in [-0.1, -0.05) is 6.07 Å². The lowest BCUT2D eigenvalue weighted by atomic mass is 9.99. The van der Waals surface area contributed by atoms with E-state index in [1.165, 1.54) is 11.1 Å². The molecule has 0 bridgehead atoms. The van der Waals surface area contributed by atoms with Gasteiger partial charge in [0.05, 0.1) is 5.69 Å².